The summed E-state index contributed by atoms with van der Waals surface area (Å²) in [6.45, 7) is 11.9. The zero-order chi connectivity index (χ0) is 16.0. The number of hydrogen-bond donors (Lipinski definition) is 1. The maximum atomic E-state index is 3.86. The van der Waals surface area contributed by atoms with Crippen molar-refractivity contribution in [3.05, 3.63) is 53.6 Å². The Hall–Kier alpha value is -0.669. The van der Waals surface area contributed by atoms with Crippen LogP contribution in [0.1, 0.15) is 31.9 Å². The Labute approximate surface area is 144 Å². The number of benzene rings is 2. The van der Waals surface area contributed by atoms with Gasteiger partial charge in [-0.3, -0.25) is 0 Å². The summed E-state index contributed by atoms with van der Waals surface area (Å²) in [7, 11) is 0. The number of hydrogen-bond acceptors (Lipinski definition) is 1. The van der Waals surface area contributed by atoms with E-state index in [-0.39, 0.29) is 24.2 Å². The van der Waals surface area contributed by atoms with Crippen molar-refractivity contribution in [1.82, 2.24) is 3.80 Å². The Morgan fingerprint density at radius 3 is 2.36 bits per heavy atom. The summed E-state index contributed by atoms with van der Waals surface area (Å²) in [4.78, 5) is 0. The topological polar surface area (TPSA) is 12.0 Å². The molecule has 3 rings (SSSR count). The third-order valence-electron chi connectivity index (χ3n) is 4.27. The normalized spacial score (nSPS) is 13.7. The van der Waals surface area contributed by atoms with Crippen molar-refractivity contribution in [3.8, 4) is 11.1 Å². The number of nitrogens with one attached hydrogen (secondary N) is 1. The van der Waals surface area contributed by atoms with Crippen LogP contribution in [-0.2, 0) is 25.1 Å². The first-order valence-electron chi connectivity index (χ1n) is 8.03. The van der Waals surface area contributed by atoms with Crippen LogP contribution < -0.4 is 8.99 Å². The Balaban J connectivity index is 1.97. The zero-order valence-corrected chi connectivity index (χ0v) is 16.8. The summed E-state index contributed by atoms with van der Waals surface area (Å²) in [6, 6.07) is 15.9. The van der Waals surface area contributed by atoms with Gasteiger partial charge in [0, 0.05) is 0 Å². The SMILES string of the molecule is CC(C)(C)[NH][Ti][Si](C)(C)c1cccc2c1Cc1ccccc1-2. The molecule has 1 N–H and O–H groups in total. The van der Waals surface area contributed by atoms with E-state index in [1.54, 1.807) is 10.8 Å². The Morgan fingerprint density at radius 1 is 0.955 bits per heavy atom. The van der Waals surface area contributed by atoms with Crippen LogP contribution in [0.2, 0.25) is 13.1 Å². The molecule has 2 aromatic rings. The monoisotopic (exact) mass is 343 g/mol. The molecule has 3 heteroatoms. The minimum atomic E-state index is -1.37. The molecule has 0 amide bonds. The zero-order valence-electron chi connectivity index (χ0n) is 14.2. The van der Waals surface area contributed by atoms with Crippen LogP contribution in [0.4, 0.5) is 0 Å². The van der Waals surface area contributed by atoms with Crippen LogP contribution in [0, 0.1) is 0 Å². The average molecular weight is 343 g/mol. The number of rotatable bonds is 3. The van der Waals surface area contributed by atoms with E-state index in [1.165, 1.54) is 16.7 Å². The Morgan fingerprint density at radius 2 is 1.64 bits per heavy atom. The Bertz CT molecular complexity index is 701. The van der Waals surface area contributed by atoms with Crippen molar-refractivity contribution in [2.45, 2.75) is 45.8 Å². The van der Waals surface area contributed by atoms with Crippen molar-refractivity contribution in [3.63, 3.8) is 0 Å². The van der Waals surface area contributed by atoms with Crippen LogP contribution in [-0.4, -0.2) is 11.5 Å². The van der Waals surface area contributed by atoms with Crippen LogP contribution in [0.5, 0.6) is 0 Å². The van der Waals surface area contributed by atoms with Crippen LogP contribution >= 0.6 is 0 Å². The second-order valence-electron chi connectivity index (χ2n) is 7.79. The van der Waals surface area contributed by atoms with Gasteiger partial charge in [-0.15, -0.1) is 0 Å². The van der Waals surface area contributed by atoms with Crippen molar-refractivity contribution in [2.24, 2.45) is 0 Å². The third kappa shape index (κ3) is 3.16. The van der Waals surface area contributed by atoms with Gasteiger partial charge in [0.15, 0.2) is 0 Å². The molecule has 114 valence electrons. The molecular formula is C19H25NSiTi. The third-order valence-corrected chi connectivity index (χ3v) is 12.8. The summed E-state index contributed by atoms with van der Waals surface area (Å²) in [5.74, 6) is -1.37. The van der Waals surface area contributed by atoms with E-state index in [1.807, 2.05) is 0 Å². The molecule has 0 aromatic heterocycles. The molecule has 0 heterocycles. The minimum absolute atomic E-state index is 0.138. The van der Waals surface area contributed by atoms with Gasteiger partial charge in [-0.05, 0) is 0 Å². The molecule has 0 saturated carbocycles. The summed E-state index contributed by atoms with van der Waals surface area (Å²) in [5.41, 5.74) is 6.29. The molecule has 1 aliphatic rings. The van der Waals surface area contributed by atoms with Crippen molar-refractivity contribution in [2.75, 3.05) is 0 Å². The van der Waals surface area contributed by atoms with Crippen molar-refractivity contribution >= 4 is 11.1 Å². The first kappa shape index (κ1) is 16.2. The van der Waals surface area contributed by atoms with Gasteiger partial charge in [0.05, 0.1) is 0 Å². The molecule has 0 spiro atoms. The molecule has 0 bridgehead atoms. The second kappa shape index (κ2) is 5.76. The van der Waals surface area contributed by atoms with E-state index in [2.05, 4.69) is 80.1 Å². The molecule has 22 heavy (non-hydrogen) atoms. The van der Waals surface area contributed by atoms with Gasteiger partial charge in [0.1, 0.15) is 0 Å². The van der Waals surface area contributed by atoms with E-state index >= 15 is 0 Å². The standard InChI is InChI=1S/C15H15Si.C4H10N.Ti/c1-16(2)15-9-5-8-13-12-7-4-3-6-11(12)10-14(13)15;1-4(2,3)5;/h3-9H,10H2,1-2H3;5H,1-3H3;/q;-1;+1. The molecule has 1 aliphatic carbocycles. The predicted octanol–water partition coefficient (Wildman–Crippen LogP) is 4.06. The van der Waals surface area contributed by atoms with Gasteiger partial charge in [-0.2, -0.15) is 0 Å². The number of fused-ring (bicyclic) bond motifs is 3. The van der Waals surface area contributed by atoms with E-state index in [4.69, 9.17) is 0 Å². The van der Waals surface area contributed by atoms with Crippen LogP contribution in [0.25, 0.3) is 11.1 Å². The molecule has 0 radical (unpaired) electrons. The van der Waals surface area contributed by atoms with Gasteiger partial charge in [-0.1, -0.05) is 0 Å². The first-order chi connectivity index (χ1) is 10.3. The molecule has 0 saturated heterocycles. The maximum absolute atomic E-state index is 3.86. The van der Waals surface area contributed by atoms with E-state index in [0.29, 0.717) is 0 Å². The predicted molar refractivity (Wildman–Crippen MR) is 94.7 cm³/mol. The average Bonchev–Trinajstić information content (AvgIpc) is 2.83. The summed E-state index contributed by atoms with van der Waals surface area (Å²) >= 11 is -0.138. The molecule has 0 unspecified atom stereocenters. The fraction of sp³-hybridized carbons (Fsp3) is 0.368. The molecule has 0 atom stereocenters. The molecule has 0 aliphatic heterocycles. The fourth-order valence-corrected chi connectivity index (χ4v) is 10.4. The molecular weight excluding hydrogens is 318 g/mol. The molecule has 1 nitrogen and oxygen atoms in total. The van der Waals surface area contributed by atoms with Crippen molar-refractivity contribution in [1.29, 1.82) is 0 Å². The van der Waals surface area contributed by atoms with Gasteiger partial charge in [0.2, 0.25) is 0 Å². The first-order valence-corrected chi connectivity index (χ1v) is 14.2. The summed E-state index contributed by atoms with van der Waals surface area (Å²) in [6.07, 6.45) is 1.12. The Kier molecular flexibility index (Phi) is 4.24. The van der Waals surface area contributed by atoms with Gasteiger partial charge < -0.3 is 0 Å². The van der Waals surface area contributed by atoms with E-state index in [0.717, 1.165) is 6.42 Å². The second-order valence-corrected chi connectivity index (χ2v) is 19.2. The van der Waals surface area contributed by atoms with Gasteiger partial charge in [-0.25, -0.2) is 0 Å². The van der Waals surface area contributed by atoms with Crippen LogP contribution in [0.15, 0.2) is 42.5 Å². The molecule has 0 fully saturated rings. The quantitative estimate of drug-likeness (QED) is 0.708. The van der Waals surface area contributed by atoms with E-state index < -0.39 is 5.94 Å². The molecule has 2 aromatic carbocycles. The van der Waals surface area contributed by atoms with Crippen molar-refractivity contribution < 1.29 is 18.7 Å². The fourth-order valence-electron chi connectivity index (χ4n) is 3.15. The summed E-state index contributed by atoms with van der Waals surface area (Å²) < 4.78 is 3.86. The van der Waals surface area contributed by atoms with Gasteiger partial charge >= 0.3 is 144 Å². The van der Waals surface area contributed by atoms with E-state index in [9.17, 15) is 0 Å². The summed E-state index contributed by atoms with van der Waals surface area (Å²) in [5, 5.41) is 1.68. The van der Waals surface area contributed by atoms with Gasteiger partial charge in [0.25, 0.3) is 0 Å². The van der Waals surface area contributed by atoms with Crippen LogP contribution in [0.3, 0.4) is 0 Å².